The van der Waals surface area contributed by atoms with Crippen molar-refractivity contribution in [3.8, 4) is 0 Å². The molecule has 8 nitrogen and oxygen atoms in total. The van der Waals surface area contributed by atoms with E-state index in [1.807, 2.05) is 4.90 Å². The Morgan fingerprint density at radius 3 is 2.37 bits per heavy atom. The van der Waals surface area contributed by atoms with E-state index < -0.39 is 10.0 Å². The third-order valence-electron chi connectivity index (χ3n) is 7.10. The summed E-state index contributed by atoms with van der Waals surface area (Å²) < 4.78 is 28.6. The van der Waals surface area contributed by atoms with E-state index in [1.165, 1.54) is 32.1 Å². The van der Waals surface area contributed by atoms with Gasteiger partial charge in [0.25, 0.3) is 0 Å². The molecule has 0 bridgehead atoms. The molecule has 1 amide bonds. The maximum Gasteiger partial charge on any atom is 0.223 e. The zero-order valence-corrected chi connectivity index (χ0v) is 19.1. The number of fused-ring (bicyclic) bond motifs is 1. The molecule has 2 fully saturated rings. The van der Waals surface area contributed by atoms with Gasteiger partial charge in [0, 0.05) is 38.5 Å². The smallest absolute Gasteiger partial charge is 0.223 e. The first-order valence-electron chi connectivity index (χ1n) is 11.5. The van der Waals surface area contributed by atoms with Gasteiger partial charge in [0.05, 0.1) is 11.8 Å². The molecular formula is C21H35N5O3S. The molecule has 2 aliphatic heterocycles. The van der Waals surface area contributed by atoms with Gasteiger partial charge in [0.15, 0.2) is 5.82 Å². The van der Waals surface area contributed by atoms with Gasteiger partial charge in [0.2, 0.25) is 15.9 Å². The van der Waals surface area contributed by atoms with Crippen molar-refractivity contribution in [3.63, 3.8) is 0 Å². The molecule has 0 N–H and O–H groups in total. The Balaban J connectivity index is 1.35. The topological polar surface area (TPSA) is 88.4 Å². The molecule has 1 aromatic rings. The SMILES string of the molecule is CC(C)S(=O)(=O)N1CCC(c2nnc3n2CCN(C(=O)CC2CCCCC2)C3)CC1. The van der Waals surface area contributed by atoms with Crippen LogP contribution < -0.4 is 0 Å². The average molecular weight is 438 g/mol. The molecule has 0 spiro atoms. The maximum atomic E-state index is 12.8. The molecule has 0 aromatic carbocycles. The minimum atomic E-state index is -3.19. The number of piperidine rings is 1. The molecule has 0 radical (unpaired) electrons. The lowest BCUT2D eigenvalue weighted by Gasteiger charge is -2.33. The summed E-state index contributed by atoms with van der Waals surface area (Å²) in [5, 5.41) is 8.47. The average Bonchev–Trinajstić information content (AvgIpc) is 3.17. The van der Waals surface area contributed by atoms with Crippen LogP contribution in [-0.4, -0.2) is 63.2 Å². The number of rotatable bonds is 5. The molecular weight excluding hydrogens is 402 g/mol. The van der Waals surface area contributed by atoms with Crippen LogP contribution in [0.15, 0.2) is 0 Å². The monoisotopic (exact) mass is 437 g/mol. The predicted molar refractivity (Wildman–Crippen MR) is 114 cm³/mol. The lowest BCUT2D eigenvalue weighted by molar-refractivity contribution is -0.134. The second-order valence-electron chi connectivity index (χ2n) is 9.42. The molecule has 1 saturated heterocycles. The number of nitrogens with zero attached hydrogens (tertiary/aromatic N) is 5. The van der Waals surface area contributed by atoms with Gasteiger partial charge in [-0.2, -0.15) is 0 Å². The summed E-state index contributed by atoms with van der Waals surface area (Å²) in [6.07, 6.45) is 8.41. The van der Waals surface area contributed by atoms with Crippen LogP contribution in [0.1, 0.15) is 82.8 Å². The van der Waals surface area contributed by atoms with Gasteiger partial charge < -0.3 is 9.47 Å². The van der Waals surface area contributed by atoms with Crippen LogP contribution in [0.25, 0.3) is 0 Å². The van der Waals surface area contributed by atoms with E-state index in [2.05, 4.69) is 14.8 Å². The summed E-state index contributed by atoms with van der Waals surface area (Å²) in [7, 11) is -3.19. The standard InChI is InChI=1S/C21H35N5O3S/c1-16(2)30(28,29)25-10-8-18(9-11-25)21-23-22-19-15-24(12-13-26(19)21)20(27)14-17-6-4-3-5-7-17/h16-18H,3-15H2,1-2H3. The minimum Gasteiger partial charge on any atom is -0.333 e. The van der Waals surface area contributed by atoms with E-state index in [4.69, 9.17) is 0 Å². The number of hydrogen-bond donors (Lipinski definition) is 0. The van der Waals surface area contributed by atoms with E-state index in [0.29, 0.717) is 38.5 Å². The third kappa shape index (κ3) is 4.42. The molecule has 1 aliphatic carbocycles. The summed E-state index contributed by atoms with van der Waals surface area (Å²) in [6.45, 7) is 6.54. The number of aromatic nitrogens is 3. The number of carbonyl (C=O) groups is 1. The number of carbonyl (C=O) groups excluding carboxylic acids is 1. The fourth-order valence-electron chi connectivity index (χ4n) is 5.13. The Morgan fingerprint density at radius 2 is 1.70 bits per heavy atom. The number of hydrogen-bond acceptors (Lipinski definition) is 5. The molecule has 0 unspecified atom stereocenters. The summed E-state index contributed by atoms with van der Waals surface area (Å²) in [5.41, 5.74) is 0. The molecule has 168 valence electrons. The van der Waals surface area contributed by atoms with E-state index in [0.717, 1.165) is 31.0 Å². The minimum absolute atomic E-state index is 0.231. The zero-order chi connectivity index (χ0) is 21.3. The van der Waals surface area contributed by atoms with Gasteiger partial charge in [-0.05, 0) is 45.4 Å². The fourth-order valence-corrected chi connectivity index (χ4v) is 6.45. The van der Waals surface area contributed by atoms with Crippen molar-refractivity contribution in [2.75, 3.05) is 19.6 Å². The van der Waals surface area contributed by atoms with E-state index in [-0.39, 0.29) is 17.1 Å². The first-order valence-corrected chi connectivity index (χ1v) is 13.0. The normalized spacial score (nSPS) is 22.4. The van der Waals surface area contributed by atoms with Gasteiger partial charge >= 0.3 is 0 Å². The second-order valence-corrected chi connectivity index (χ2v) is 11.9. The lowest BCUT2D eigenvalue weighted by atomic mass is 9.86. The Labute approximate surface area is 180 Å². The van der Waals surface area contributed by atoms with Crippen molar-refractivity contribution in [2.45, 2.75) is 89.5 Å². The molecule has 3 aliphatic rings. The fraction of sp³-hybridized carbons (Fsp3) is 0.857. The Kier molecular flexibility index (Phi) is 6.48. The Bertz CT molecular complexity index is 852. The highest BCUT2D eigenvalue weighted by Gasteiger charge is 2.34. The quantitative estimate of drug-likeness (QED) is 0.706. The van der Waals surface area contributed by atoms with Gasteiger partial charge in [-0.1, -0.05) is 19.3 Å². The Hall–Kier alpha value is -1.48. The van der Waals surface area contributed by atoms with E-state index in [9.17, 15) is 13.2 Å². The van der Waals surface area contributed by atoms with Crippen molar-refractivity contribution < 1.29 is 13.2 Å². The van der Waals surface area contributed by atoms with Crippen molar-refractivity contribution in [1.82, 2.24) is 24.0 Å². The van der Waals surface area contributed by atoms with E-state index in [1.54, 1.807) is 18.2 Å². The van der Waals surface area contributed by atoms with Crippen molar-refractivity contribution in [3.05, 3.63) is 11.6 Å². The molecule has 0 atom stereocenters. The first kappa shape index (κ1) is 21.7. The first-order chi connectivity index (χ1) is 14.4. The molecule has 9 heteroatoms. The molecule has 3 heterocycles. The number of amides is 1. The highest BCUT2D eigenvalue weighted by atomic mass is 32.2. The zero-order valence-electron chi connectivity index (χ0n) is 18.3. The predicted octanol–water partition coefficient (Wildman–Crippen LogP) is 2.51. The largest absolute Gasteiger partial charge is 0.333 e. The third-order valence-corrected chi connectivity index (χ3v) is 9.37. The van der Waals surface area contributed by atoms with Gasteiger partial charge in [-0.15, -0.1) is 10.2 Å². The van der Waals surface area contributed by atoms with Gasteiger partial charge in [0.1, 0.15) is 5.82 Å². The van der Waals surface area contributed by atoms with Crippen LogP contribution in [0, 0.1) is 5.92 Å². The van der Waals surface area contributed by atoms with Gasteiger partial charge in [-0.25, -0.2) is 12.7 Å². The highest BCUT2D eigenvalue weighted by molar-refractivity contribution is 7.89. The second kappa shape index (κ2) is 8.94. The van der Waals surface area contributed by atoms with Crippen LogP contribution in [0.2, 0.25) is 0 Å². The lowest BCUT2D eigenvalue weighted by Crippen LogP contribution is -2.42. The summed E-state index contributed by atoms with van der Waals surface area (Å²) >= 11 is 0. The molecule has 1 saturated carbocycles. The molecule has 30 heavy (non-hydrogen) atoms. The van der Waals surface area contributed by atoms with Crippen molar-refractivity contribution in [2.24, 2.45) is 5.92 Å². The highest BCUT2D eigenvalue weighted by Crippen LogP contribution is 2.31. The summed E-state index contributed by atoms with van der Waals surface area (Å²) in [5.74, 6) is 2.87. The van der Waals surface area contributed by atoms with Crippen LogP contribution in [0.3, 0.4) is 0 Å². The van der Waals surface area contributed by atoms with Crippen LogP contribution >= 0.6 is 0 Å². The summed E-state index contributed by atoms with van der Waals surface area (Å²) in [4.78, 5) is 14.7. The van der Waals surface area contributed by atoms with Crippen molar-refractivity contribution >= 4 is 15.9 Å². The van der Waals surface area contributed by atoms with Crippen LogP contribution in [-0.2, 0) is 27.9 Å². The molecule has 1 aromatic heterocycles. The van der Waals surface area contributed by atoms with Gasteiger partial charge in [-0.3, -0.25) is 4.79 Å². The number of sulfonamides is 1. The Morgan fingerprint density at radius 1 is 1.00 bits per heavy atom. The van der Waals surface area contributed by atoms with E-state index >= 15 is 0 Å². The van der Waals surface area contributed by atoms with Crippen molar-refractivity contribution in [1.29, 1.82) is 0 Å². The van der Waals surface area contributed by atoms with Crippen LogP contribution in [0.5, 0.6) is 0 Å². The summed E-state index contributed by atoms with van der Waals surface area (Å²) in [6, 6.07) is 0. The molecule has 4 rings (SSSR count). The maximum absolute atomic E-state index is 12.8. The van der Waals surface area contributed by atoms with Crippen LogP contribution in [0.4, 0.5) is 0 Å².